The monoisotopic (exact) mass is 418 g/mol. The largest absolute Gasteiger partial charge is 0.383 e. The van der Waals surface area contributed by atoms with Gasteiger partial charge < -0.3 is 14.7 Å². The fraction of sp³-hybridized carbons (Fsp3) is 0.368. The quantitative estimate of drug-likeness (QED) is 0.332. The van der Waals surface area contributed by atoms with Crippen LogP contribution in [0.3, 0.4) is 0 Å². The summed E-state index contributed by atoms with van der Waals surface area (Å²) in [6.45, 7) is 9.14. The molecule has 9 heteroatoms. The molecule has 2 aromatic heterocycles. The van der Waals surface area contributed by atoms with E-state index in [4.69, 9.17) is 9.36 Å². The number of anilines is 1. The molecule has 0 aliphatic carbocycles. The topological polar surface area (TPSA) is 89.6 Å². The highest BCUT2D eigenvalue weighted by Crippen LogP contribution is 2.34. The van der Waals surface area contributed by atoms with E-state index in [-0.39, 0.29) is 5.91 Å². The number of fused-ring (bicyclic) bond motifs is 1. The molecule has 0 radical (unpaired) electrons. The first-order chi connectivity index (χ1) is 13.3. The normalized spacial score (nSPS) is 12.0. The number of hydrogen-bond acceptors (Lipinski definition) is 8. The minimum absolute atomic E-state index is 0.248. The lowest BCUT2D eigenvalue weighted by atomic mass is 10.2. The van der Waals surface area contributed by atoms with Gasteiger partial charge in [-0.3, -0.25) is 4.79 Å². The number of hydrogen-bond donors (Lipinski definition) is 1. The van der Waals surface area contributed by atoms with Gasteiger partial charge in [0.25, 0.3) is 5.91 Å². The van der Waals surface area contributed by atoms with Crippen LogP contribution < -0.4 is 5.32 Å². The second-order valence-electron chi connectivity index (χ2n) is 6.53. The summed E-state index contributed by atoms with van der Waals surface area (Å²) in [5.74, 6) is 1.36. The van der Waals surface area contributed by atoms with Crippen molar-refractivity contribution in [3.8, 4) is 0 Å². The predicted molar refractivity (Wildman–Crippen MR) is 113 cm³/mol. The molecule has 1 N–H and O–H groups in total. The van der Waals surface area contributed by atoms with Crippen LogP contribution in [0.1, 0.15) is 37.8 Å². The Bertz CT molecular complexity index is 1000. The van der Waals surface area contributed by atoms with Crippen molar-refractivity contribution >= 4 is 50.6 Å². The average molecular weight is 419 g/mol. The molecule has 1 amide bonds. The molecule has 28 heavy (non-hydrogen) atoms. The number of aryl methyl sites for hydroxylation is 2. The fourth-order valence-electron chi connectivity index (χ4n) is 2.36. The van der Waals surface area contributed by atoms with Gasteiger partial charge in [-0.2, -0.15) is 0 Å². The smallest absolute Gasteiger partial charge is 0.267 e. The summed E-state index contributed by atoms with van der Waals surface area (Å²) in [5, 5.41) is 10.7. The lowest BCUT2D eigenvalue weighted by molar-refractivity contribution is -0.126. The number of amides is 1. The maximum Gasteiger partial charge on any atom is 0.267 e. The van der Waals surface area contributed by atoms with Crippen molar-refractivity contribution in [2.75, 3.05) is 5.32 Å². The first kappa shape index (κ1) is 20.3. The fourth-order valence-corrected chi connectivity index (χ4v) is 4.62. The van der Waals surface area contributed by atoms with E-state index in [1.54, 1.807) is 30.0 Å². The van der Waals surface area contributed by atoms with Gasteiger partial charge in [0, 0.05) is 17.0 Å². The highest BCUT2D eigenvalue weighted by atomic mass is 32.2. The zero-order valence-electron chi connectivity index (χ0n) is 16.4. The van der Waals surface area contributed by atoms with Crippen molar-refractivity contribution in [1.29, 1.82) is 0 Å². The molecule has 0 aliphatic rings. The number of oxime groups is 1. The Morgan fingerprint density at radius 3 is 2.86 bits per heavy atom. The average Bonchev–Trinajstić information content (AvgIpc) is 3.20. The number of carbonyl (C=O) groups is 1. The Morgan fingerprint density at radius 2 is 2.18 bits per heavy atom. The predicted octanol–water partition coefficient (Wildman–Crippen LogP) is 4.93. The highest BCUT2D eigenvalue weighted by Gasteiger charge is 2.16. The molecule has 7 nitrogen and oxygen atoms in total. The number of carbonyl (C=O) groups excluding carboxylic acids is 1. The van der Waals surface area contributed by atoms with Crippen LogP contribution in [0.4, 0.5) is 5.69 Å². The molecule has 0 bridgehead atoms. The third kappa shape index (κ3) is 4.90. The molecule has 0 saturated heterocycles. The lowest BCUT2D eigenvalue weighted by Crippen LogP contribution is -2.26. The molecule has 0 saturated carbocycles. The maximum atomic E-state index is 12.2. The number of nitrogens with zero attached hydrogens (tertiary/aromatic N) is 3. The highest BCUT2D eigenvalue weighted by molar-refractivity contribution is 8.00. The summed E-state index contributed by atoms with van der Waals surface area (Å²) in [4.78, 5) is 22.0. The van der Waals surface area contributed by atoms with Crippen molar-refractivity contribution < 1.29 is 14.2 Å². The van der Waals surface area contributed by atoms with Crippen LogP contribution in [-0.4, -0.2) is 27.9 Å². The molecule has 0 aliphatic heterocycles. The molecule has 2 heterocycles. The van der Waals surface area contributed by atoms with Gasteiger partial charge in [-0.1, -0.05) is 22.1 Å². The van der Waals surface area contributed by atoms with Crippen molar-refractivity contribution in [1.82, 2.24) is 10.1 Å². The molecule has 1 unspecified atom stereocenters. The molecule has 0 fully saturated rings. The van der Waals surface area contributed by atoms with Gasteiger partial charge in [0.15, 0.2) is 4.34 Å². The molecular formula is C19H22N4O3S2. The number of aromatic nitrogens is 2. The molecular weight excluding hydrogens is 396 g/mol. The van der Waals surface area contributed by atoms with Crippen LogP contribution in [0.5, 0.6) is 0 Å². The Hall–Kier alpha value is -2.39. The van der Waals surface area contributed by atoms with Gasteiger partial charge in [0.05, 0.1) is 21.6 Å². The van der Waals surface area contributed by atoms with Crippen molar-refractivity contribution in [2.24, 2.45) is 5.16 Å². The first-order valence-electron chi connectivity index (χ1n) is 8.76. The summed E-state index contributed by atoms with van der Waals surface area (Å²) < 4.78 is 7.18. The van der Waals surface area contributed by atoms with Gasteiger partial charge in [-0.15, -0.1) is 11.3 Å². The third-order valence-electron chi connectivity index (χ3n) is 3.92. The van der Waals surface area contributed by atoms with E-state index < -0.39 is 6.10 Å². The summed E-state index contributed by atoms with van der Waals surface area (Å²) in [5.41, 5.74) is 4.38. The van der Waals surface area contributed by atoms with Crippen LogP contribution in [0.2, 0.25) is 0 Å². The van der Waals surface area contributed by atoms with Gasteiger partial charge >= 0.3 is 0 Å². The molecule has 0 spiro atoms. The van der Waals surface area contributed by atoms with Crippen LogP contribution in [0.25, 0.3) is 10.2 Å². The lowest BCUT2D eigenvalue weighted by Gasteiger charge is -2.10. The number of thiazole rings is 1. The van der Waals surface area contributed by atoms with Crippen LogP contribution in [-0.2, 0) is 15.4 Å². The summed E-state index contributed by atoms with van der Waals surface area (Å²) in [6, 6.07) is 5.66. The van der Waals surface area contributed by atoms with E-state index in [2.05, 4.69) is 20.6 Å². The number of benzene rings is 1. The third-order valence-corrected chi connectivity index (χ3v) is 6.11. The Labute approximate surface area is 171 Å². The van der Waals surface area contributed by atoms with E-state index in [0.717, 1.165) is 43.0 Å². The number of rotatable bonds is 7. The number of thioether (sulfide) groups is 1. The first-order valence-corrected chi connectivity index (χ1v) is 10.6. The summed E-state index contributed by atoms with van der Waals surface area (Å²) in [7, 11) is 0. The minimum atomic E-state index is -0.673. The molecule has 1 atom stereocenters. The Balaban J connectivity index is 1.67. The van der Waals surface area contributed by atoms with Crippen LogP contribution in [0.15, 0.2) is 32.2 Å². The molecule has 3 aromatic rings. The number of nitrogens with one attached hydrogen (secondary N) is 1. The standard InChI is InChI=1S/C19H22N4O3S2/c1-10(2)22-26-13(5)18(24)20-14-6-7-16-17(8-14)28-19(21-16)27-9-15-11(3)23-25-12(15)4/h6-8,13H,9H2,1-5H3,(H,20,24). The van der Waals surface area contributed by atoms with Crippen molar-refractivity contribution in [3.63, 3.8) is 0 Å². The summed E-state index contributed by atoms with van der Waals surface area (Å²) in [6.07, 6.45) is -0.673. The minimum Gasteiger partial charge on any atom is -0.383 e. The molecule has 3 rings (SSSR count). The molecule has 1 aromatic carbocycles. The molecule has 148 valence electrons. The Morgan fingerprint density at radius 1 is 1.39 bits per heavy atom. The van der Waals surface area contributed by atoms with E-state index in [9.17, 15) is 4.79 Å². The zero-order valence-corrected chi connectivity index (χ0v) is 18.0. The SMILES string of the molecule is CC(C)=NOC(C)C(=O)Nc1ccc2nc(SCc3c(C)noc3C)sc2c1. The maximum absolute atomic E-state index is 12.2. The van der Waals surface area contributed by atoms with E-state index >= 15 is 0 Å². The van der Waals surface area contributed by atoms with Crippen LogP contribution >= 0.6 is 23.1 Å². The second-order valence-corrected chi connectivity index (χ2v) is 8.78. The van der Waals surface area contributed by atoms with Crippen LogP contribution in [0, 0.1) is 13.8 Å². The van der Waals surface area contributed by atoms with Gasteiger partial charge in [-0.25, -0.2) is 4.98 Å². The van der Waals surface area contributed by atoms with Gasteiger partial charge in [-0.05, 0) is 52.8 Å². The second kappa shape index (κ2) is 8.74. The summed E-state index contributed by atoms with van der Waals surface area (Å²) >= 11 is 3.24. The van der Waals surface area contributed by atoms with Crippen molar-refractivity contribution in [2.45, 2.75) is 50.8 Å². The van der Waals surface area contributed by atoms with Gasteiger partial charge in [0.1, 0.15) is 5.76 Å². The van der Waals surface area contributed by atoms with Crippen molar-refractivity contribution in [3.05, 3.63) is 35.2 Å². The van der Waals surface area contributed by atoms with E-state index in [1.807, 2.05) is 45.9 Å². The van der Waals surface area contributed by atoms with E-state index in [0.29, 0.717) is 5.69 Å². The van der Waals surface area contributed by atoms with E-state index in [1.165, 1.54) is 0 Å². The zero-order chi connectivity index (χ0) is 20.3. The Kier molecular flexibility index (Phi) is 6.35. The van der Waals surface area contributed by atoms with Gasteiger partial charge in [0.2, 0.25) is 6.10 Å².